The van der Waals surface area contributed by atoms with Crippen molar-refractivity contribution in [1.82, 2.24) is 5.32 Å². The van der Waals surface area contributed by atoms with E-state index in [1.165, 1.54) is 6.08 Å². The van der Waals surface area contributed by atoms with Gasteiger partial charge in [-0.15, -0.1) is 0 Å². The number of hydrogen-bond donors (Lipinski definition) is 2. The van der Waals surface area contributed by atoms with Crippen molar-refractivity contribution in [3.8, 4) is 0 Å². The molecule has 1 aromatic heterocycles. The van der Waals surface area contributed by atoms with Gasteiger partial charge in [-0.25, -0.2) is 0 Å². The van der Waals surface area contributed by atoms with Gasteiger partial charge in [-0.1, -0.05) is 20.8 Å². The molecule has 1 rings (SSSR count). The summed E-state index contributed by atoms with van der Waals surface area (Å²) in [5.74, 6) is 0.414. The fourth-order valence-corrected chi connectivity index (χ4v) is 1.97. The molecule has 1 amide bonds. The molecular weight excluding hydrogens is 310 g/mol. The van der Waals surface area contributed by atoms with E-state index in [0.29, 0.717) is 16.9 Å². The second-order valence-electron chi connectivity index (χ2n) is 5.41. The number of halogens is 1. The Kier molecular flexibility index (Phi) is 5.82. The highest BCUT2D eigenvalue weighted by Gasteiger charge is 2.24. The lowest BCUT2D eigenvalue weighted by Gasteiger charge is -2.30. The Morgan fingerprint density at radius 1 is 1.53 bits per heavy atom. The third-order valence-electron chi connectivity index (χ3n) is 2.77. The fraction of sp³-hybridized carbons (Fsp3) is 0.500. The molecule has 0 spiro atoms. The highest BCUT2D eigenvalue weighted by Crippen LogP contribution is 2.21. The molecule has 1 atom stereocenters. The zero-order chi connectivity index (χ0) is 14.5. The first-order chi connectivity index (χ1) is 8.82. The standard InChI is InChI=1S/C14H20BrNO3/c1-14(2,3)11(8-9-17)16-13(18)7-5-10-4-6-12(15)19-10/h4-7,11,17H,8-9H2,1-3H3,(H,16,18)/b7-5+. The molecule has 1 unspecified atom stereocenters. The van der Waals surface area contributed by atoms with E-state index in [-0.39, 0.29) is 24.0 Å². The van der Waals surface area contributed by atoms with E-state index < -0.39 is 0 Å². The smallest absolute Gasteiger partial charge is 0.244 e. The van der Waals surface area contributed by atoms with Crippen molar-refractivity contribution >= 4 is 27.9 Å². The Morgan fingerprint density at radius 2 is 2.21 bits per heavy atom. The second-order valence-corrected chi connectivity index (χ2v) is 6.20. The number of rotatable bonds is 5. The first kappa shape index (κ1) is 16.0. The van der Waals surface area contributed by atoms with Crippen LogP contribution in [0.25, 0.3) is 6.08 Å². The molecule has 19 heavy (non-hydrogen) atoms. The van der Waals surface area contributed by atoms with Crippen molar-refractivity contribution < 1.29 is 14.3 Å². The van der Waals surface area contributed by atoms with Crippen molar-refractivity contribution in [2.45, 2.75) is 33.2 Å². The molecule has 1 aromatic rings. The van der Waals surface area contributed by atoms with Gasteiger partial charge < -0.3 is 14.8 Å². The molecule has 0 aromatic carbocycles. The number of amides is 1. The highest BCUT2D eigenvalue weighted by atomic mass is 79.9. The van der Waals surface area contributed by atoms with Gasteiger partial charge in [-0.3, -0.25) is 4.79 Å². The van der Waals surface area contributed by atoms with Crippen molar-refractivity contribution in [3.63, 3.8) is 0 Å². The molecule has 0 radical (unpaired) electrons. The summed E-state index contributed by atoms with van der Waals surface area (Å²) in [6.07, 6.45) is 3.58. The maximum Gasteiger partial charge on any atom is 0.244 e. The van der Waals surface area contributed by atoms with Crippen LogP contribution in [-0.4, -0.2) is 23.7 Å². The van der Waals surface area contributed by atoms with Gasteiger partial charge >= 0.3 is 0 Å². The summed E-state index contributed by atoms with van der Waals surface area (Å²) in [4.78, 5) is 11.8. The quantitative estimate of drug-likeness (QED) is 0.816. The zero-order valence-corrected chi connectivity index (χ0v) is 13.0. The third-order valence-corrected chi connectivity index (χ3v) is 3.20. The van der Waals surface area contributed by atoms with E-state index in [4.69, 9.17) is 9.52 Å². The Balaban J connectivity index is 2.60. The highest BCUT2D eigenvalue weighted by molar-refractivity contribution is 9.10. The molecule has 0 aliphatic rings. The van der Waals surface area contributed by atoms with Crippen molar-refractivity contribution in [3.05, 3.63) is 28.6 Å². The molecule has 4 nitrogen and oxygen atoms in total. The molecular formula is C14H20BrNO3. The maximum atomic E-state index is 11.8. The SMILES string of the molecule is CC(C)(C)C(CCO)NC(=O)/C=C/c1ccc(Br)o1. The van der Waals surface area contributed by atoms with Gasteiger partial charge in [0.2, 0.25) is 5.91 Å². The van der Waals surface area contributed by atoms with Gasteiger partial charge in [0, 0.05) is 18.7 Å². The molecule has 0 fully saturated rings. The number of carbonyl (C=O) groups is 1. The number of aliphatic hydroxyl groups is 1. The molecule has 0 saturated carbocycles. The van der Waals surface area contributed by atoms with Gasteiger partial charge in [0.05, 0.1) is 0 Å². The average Bonchev–Trinajstić information content (AvgIpc) is 2.71. The number of furan rings is 1. The summed E-state index contributed by atoms with van der Waals surface area (Å²) < 4.78 is 5.89. The van der Waals surface area contributed by atoms with Gasteiger partial charge in [0.25, 0.3) is 0 Å². The third kappa shape index (κ3) is 5.61. The Morgan fingerprint density at radius 3 is 2.68 bits per heavy atom. The Labute approximate surface area is 122 Å². The monoisotopic (exact) mass is 329 g/mol. The predicted octanol–water partition coefficient (Wildman–Crippen LogP) is 2.97. The number of nitrogens with one attached hydrogen (secondary N) is 1. The second kappa shape index (κ2) is 6.91. The first-order valence-electron chi connectivity index (χ1n) is 6.17. The van der Waals surface area contributed by atoms with Crippen LogP contribution < -0.4 is 5.32 Å². The van der Waals surface area contributed by atoms with Crippen LogP contribution in [0.1, 0.15) is 33.0 Å². The molecule has 1 heterocycles. The van der Waals surface area contributed by atoms with E-state index in [9.17, 15) is 4.79 Å². The van der Waals surface area contributed by atoms with E-state index in [1.54, 1.807) is 18.2 Å². The Hall–Kier alpha value is -1.07. The number of aliphatic hydroxyl groups excluding tert-OH is 1. The summed E-state index contributed by atoms with van der Waals surface area (Å²) in [6, 6.07) is 3.46. The van der Waals surface area contributed by atoms with E-state index in [0.717, 1.165) is 0 Å². The Bertz CT molecular complexity index is 446. The first-order valence-corrected chi connectivity index (χ1v) is 6.97. The summed E-state index contributed by atoms with van der Waals surface area (Å²) in [6.45, 7) is 6.14. The summed E-state index contributed by atoms with van der Waals surface area (Å²) in [5, 5.41) is 11.9. The van der Waals surface area contributed by atoms with Crippen LogP contribution in [0, 0.1) is 5.41 Å². The van der Waals surface area contributed by atoms with Crippen LogP contribution in [-0.2, 0) is 4.79 Å². The molecule has 0 bridgehead atoms. The summed E-state index contributed by atoms with van der Waals surface area (Å²) in [5.41, 5.74) is -0.0973. The minimum Gasteiger partial charge on any atom is -0.450 e. The van der Waals surface area contributed by atoms with Crippen molar-refractivity contribution in [2.75, 3.05) is 6.61 Å². The van der Waals surface area contributed by atoms with Gasteiger partial charge in [-0.05, 0) is 46.0 Å². The van der Waals surface area contributed by atoms with Crippen LogP contribution in [0.2, 0.25) is 0 Å². The average molecular weight is 330 g/mol. The minimum absolute atomic E-state index is 0.0526. The number of carbonyl (C=O) groups excluding carboxylic acids is 1. The van der Waals surface area contributed by atoms with E-state index in [2.05, 4.69) is 21.2 Å². The molecule has 0 saturated heterocycles. The van der Waals surface area contributed by atoms with E-state index >= 15 is 0 Å². The van der Waals surface area contributed by atoms with Crippen LogP contribution in [0.15, 0.2) is 27.3 Å². The molecule has 106 valence electrons. The van der Waals surface area contributed by atoms with Crippen molar-refractivity contribution in [2.24, 2.45) is 5.41 Å². The van der Waals surface area contributed by atoms with Crippen LogP contribution >= 0.6 is 15.9 Å². The van der Waals surface area contributed by atoms with Crippen molar-refractivity contribution in [1.29, 1.82) is 0 Å². The zero-order valence-electron chi connectivity index (χ0n) is 11.4. The lowest BCUT2D eigenvalue weighted by atomic mass is 9.85. The summed E-state index contributed by atoms with van der Waals surface area (Å²) >= 11 is 3.20. The normalized spacial score (nSPS) is 13.7. The molecule has 2 N–H and O–H groups in total. The van der Waals surface area contributed by atoms with Crippen LogP contribution in [0.5, 0.6) is 0 Å². The predicted molar refractivity (Wildman–Crippen MR) is 78.5 cm³/mol. The largest absolute Gasteiger partial charge is 0.450 e. The maximum absolute atomic E-state index is 11.8. The summed E-state index contributed by atoms with van der Waals surface area (Å²) in [7, 11) is 0. The lowest BCUT2D eigenvalue weighted by Crippen LogP contribution is -2.43. The molecule has 5 heteroatoms. The van der Waals surface area contributed by atoms with E-state index in [1.807, 2.05) is 20.8 Å². The number of hydrogen-bond acceptors (Lipinski definition) is 3. The molecule has 0 aliphatic carbocycles. The van der Waals surface area contributed by atoms with Gasteiger partial charge in [0.15, 0.2) is 4.67 Å². The van der Waals surface area contributed by atoms with Gasteiger partial charge in [-0.2, -0.15) is 0 Å². The van der Waals surface area contributed by atoms with Crippen LogP contribution in [0.4, 0.5) is 0 Å². The van der Waals surface area contributed by atoms with Crippen LogP contribution in [0.3, 0.4) is 0 Å². The van der Waals surface area contributed by atoms with Gasteiger partial charge in [0.1, 0.15) is 5.76 Å². The topological polar surface area (TPSA) is 62.5 Å². The lowest BCUT2D eigenvalue weighted by molar-refractivity contribution is -0.118. The molecule has 0 aliphatic heterocycles. The minimum atomic E-state index is -0.194. The fourth-order valence-electron chi connectivity index (χ4n) is 1.65.